The van der Waals surface area contributed by atoms with Crippen LogP contribution in [0.5, 0.6) is 5.75 Å². The van der Waals surface area contributed by atoms with Crippen LogP contribution in [-0.2, 0) is 0 Å². The van der Waals surface area contributed by atoms with Crippen molar-refractivity contribution in [3.63, 3.8) is 0 Å². The number of anilines is 1. The highest BCUT2D eigenvalue weighted by molar-refractivity contribution is 5.49. The Bertz CT molecular complexity index is 263. The topological polar surface area (TPSA) is 51.4 Å². The van der Waals surface area contributed by atoms with Crippen LogP contribution in [0, 0.1) is 0 Å². The molecule has 1 aromatic heterocycles. The summed E-state index contributed by atoms with van der Waals surface area (Å²) >= 11 is 0. The molecule has 0 radical (unpaired) electrons. The van der Waals surface area contributed by atoms with Gasteiger partial charge in [-0.15, -0.1) is 0 Å². The lowest BCUT2D eigenvalue weighted by Gasteiger charge is -2.11. The van der Waals surface area contributed by atoms with Crippen LogP contribution in [0.2, 0.25) is 0 Å². The molecule has 4 heteroatoms. The fourth-order valence-electron chi connectivity index (χ4n) is 0.850. The van der Waals surface area contributed by atoms with Crippen molar-refractivity contribution in [3.8, 4) is 5.75 Å². The first-order valence-electron chi connectivity index (χ1n) is 4.17. The van der Waals surface area contributed by atoms with Crippen LogP contribution in [0.1, 0.15) is 0 Å². The van der Waals surface area contributed by atoms with Crippen LogP contribution >= 0.6 is 0 Å². The second-order valence-corrected chi connectivity index (χ2v) is 3.07. The third kappa shape index (κ3) is 3.29. The Kier molecular flexibility index (Phi) is 3.52. The average molecular weight is 181 g/mol. The highest BCUT2D eigenvalue weighted by atomic mass is 16.5. The minimum absolute atomic E-state index is 0.628. The van der Waals surface area contributed by atoms with Crippen molar-refractivity contribution in [1.29, 1.82) is 0 Å². The molecule has 0 aliphatic carbocycles. The number of hydrogen-bond acceptors (Lipinski definition) is 4. The lowest BCUT2D eigenvalue weighted by molar-refractivity contribution is 0.262. The molecule has 0 aliphatic rings. The zero-order valence-electron chi connectivity index (χ0n) is 8.03. The molecule has 13 heavy (non-hydrogen) atoms. The van der Waals surface area contributed by atoms with Gasteiger partial charge in [-0.05, 0) is 20.2 Å². The van der Waals surface area contributed by atoms with Gasteiger partial charge in [-0.1, -0.05) is 0 Å². The molecule has 72 valence electrons. The highest BCUT2D eigenvalue weighted by Crippen LogP contribution is 2.17. The van der Waals surface area contributed by atoms with E-state index in [4.69, 9.17) is 10.5 Å². The summed E-state index contributed by atoms with van der Waals surface area (Å²) in [7, 11) is 3.99. The van der Waals surface area contributed by atoms with Gasteiger partial charge in [0.1, 0.15) is 6.61 Å². The van der Waals surface area contributed by atoms with Crippen LogP contribution < -0.4 is 10.5 Å². The molecule has 0 atom stereocenters. The van der Waals surface area contributed by atoms with E-state index >= 15 is 0 Å². The molecule has 2 N–H and O–H groups in total. The first-order valence-corrected chi connectivity index (χ1v) is 4.17. The van der Waals surface area contributed by atoms with E-state index in [0.29, 0.717) is 18.0 Å². The van der Waals surface area contributed by atoms with Gasteiger partial charge < -0.3 is 15.4 Å². The zero-order chi connectivity index (χ0) is 9.68. The Morgan fingerprint density at radius 3 is 2.92 bits per heavy atom. The van der Waals surface area contributed by atoms with Gasteiger partial charge in [-0.3, -0.25) is 4.98 Å². The predicted molar refractivity (Wildman–Crippen MR) is 52.7 cm³/mol. The SMILES string of the molecule is CN(C)CCOc1cnccc1N. The van der Waals surface area contributed by atoms with Gasteiger partial charge in [0.05, 0.1) is 11.9 Å². The van der Waals surface area contributed by atoms with E-state index in [-0.39, 0.29) is 0 Å². The number of nitrogen functional groups attached to an aromatic ring is 1. The molecule has 0 spiro atoms. The number of ether oxygens (including phenoxy) is 1. The van der Waals surface area contributed by atoms with Crippen molar-refractivity contribution in [2.75, 3.05) is 33.0 Å². The highest BCUT2D eigenvalue weighted by Gasteiger charge is 1.98. The third-order valence-corrected chi connectivity index (χ3v) is 1.61. The molecule has 0 fully saturated rings. The lowest BCUT2D eigenvalue weighted by Crippen LogP contribution is -2.19. The number of likely N-dealkylation sites (N-methyl/N-ethyl adjacent to an activating group) is 1. The van der Waals surface area contributed by atoms with Crippen molar-refractivity contribution >= 4 is 5.69 Å². The molecular formula is C9H15N3O. The van der Waals surface area contributed by atoms with E-state index in [1.807, 2.05) is 19.0 Å². The van der Waals surface area contributed by atoms with Gasteiger partial charge in [0.25, 0.3) is 0 Å². The fraction of sp³-hybridized carbons (Fsp3) is 0.444. The summed E-state index contributed by atoms with van der Waals surface area (Å²) in [4.78, 5) is 5.97. The van der Waals surface area contributed by atoms with Gasteiger partial charge in [-0.2, -0.15) is 0 Å². The summed E-state index contributed by atoms with van der Waals surface area (Å²) < 4.78 is 5.42. The fourth-order valence-corrected chi connectivity index (χ4v) is 0.850. The monoisotopic (exact) mass is 181 g/mol. The maximum atomic E-state index is 5.66. The van der Waals surface area contributed by atoms with Crippen molar-refractivity contribution < 1.29 is 4.74 Å². The van der Waals surface area contributed by atoms with Crippen LogP contribution in [-0.4, -0.2) is 37.1 Å². The smallest absolute Gasteiger partial charge is 0.160 e. The number of hydrogen-bond donors (Lipinski definition) is 1. The van der Waals surface area contributed by atoms with E-state index in [1.54, 1.807) is 18.5 Å². The molecule has 0 saturated heterocycles. The number of aromatic nitrogens is 1. The van der Waals surface area contributed by atoms with Gasteiger partial charge in [0, 0.05) is 12.7 Å². The quantitative estimate of drug-likeness (QED) is 0.739. The van der Waals surface area contributed by atoms with E-state index < -0.39 is 0 Å². The molecular weight excluding hydrogens is 166 g/mol. The van der Waals surface area contributed by atoms with Crippen molar-refractivity contribution in [3.05, 3.63) is 18.5 Å². The summed E-state index contributed by atoms with van der Waals surface area (Å²) in [6, 6.07) is 1.73. The van der Waals surface area contributed by atoms with Crippen molar-refractivity contribution in [2.45, 2.75) is 0 Å². The summed E-state index contributed by atoms with van der Waals surface area (Å²) in [5.74, 6) is 0.657. The van der Waals surface area contributed by atoms with E-state index in [2.05, 4.69) is 4.98 Å². The molecule has 4 nitrogen and oxygen atoms in total. The molecule has 0 saturated carbocycles. The first kappa shape index (κ1) is 9.80. The number of nitrogens with zero attached hydrogens (tertiary/aromatic N) is 2. The normalized spacial score (nSPS) is 10.4. The summed E-state index contributed by atoms with van der Waals surface area (Å²) in [5, 5.41) is 0. The second kappa shape index (κ2) is 4.67. The molecule has 0 aromatic carbocycles. The summed E-state index contributed by atoms with van der Waals surface area (Å²) in [5.41, 5.74) is 6.29. The molecule has 1 rings (SSSR count). The molecule has 1 heterocycles. The predicted octanol–water partition coefficient (Wildman–Crippen LogP) is 0.604. The Morgan fingerprint density at radius 2 is 2.31 bits per heavy atom. The van der Waals surface area contributed by atoms with E-state index in [9.17, 15) is 0 Å². The Labute approximate surface area is 78.3 Å². The van der Waals surface area contributed by atoms with Crippen LogP contribution in [0.15, 0.2) is 18.5 Å². The minimum atomic E-state index is 0.628. The van der Waals surface area contributed by atoms with Crippen molar-refractivity contribution in [2.24, 2.45) is 0 Å². The molecule has 0 amide bonds. The maximum absolute atomic E-state index is 5.66. The van der Waals surface area contributed by atoms with E-state index in [0.717, 1.165) is 6.54 Å². The molecule has 1 aromatic rings. The Balaban J connectivity index is 2.41. The third-order valence-electron chi connectivity index (χ3n) is 1.61. The van der Waals surface area contributed by atoms with Gasteiger partial charge in [-0.25, -0.2) is 0 Å². The molecule has 0 unspecified atom stereocenters. The Morgan fingerprint density at radius 1 is 1.54 bits per heavy atom. The van der Waals surface area contributed by atoms with Gasteiger partial charge in [0.2, 0.25) is 0 Å². The number of nitrogens with two attached hydrogens (primary N) is 1. The lowest BCUT2D eigenvalue weighted by atomic mass is 10.4. The standard InChI is InChI=1S/C9H15N3O/c1-12(2)5-6-13-9-7-11-4-3-8(9)10/h3-4,7H,5-6H2,1-2H3,(H2,10,11). The van der Waals surface area contributed by atoms with Gasteiger partial charge >= 0.3 is 0 Å². The largest absolute Gasteiger partial charge is 0.488 e. The van der Waals surface area contributed by atoms with Crippen molar-refractivity contribution in [1.82, 2.24) is 9.88 Å². The molecule has 0 aliphatic heterocycles. The van der Waals surface area contributed by atoms with Gasteiger partial charge in [0.15, 0.2) is 5.75 Å². The molecule has 0 bridgehead atoms. The van der Waals surface area contributed by atoms with Crippen LogP contribution in [0.3, 0.4) is 0 Å². The van der Waals surface area contributed by atoms with Crippen LogP contribution in [0.25, 0.3) is 0 Å². The summed E-state index contributed by atoms with van der Waals surface area (Å²) in [6.45, 7) is 1.50. The first-order chi connectivity index (χ1) is 6.20. The average Bonchev–Trinajstić information content (AvgIpc) is 2.08. The Hall–Kier alpha value is -1.29. The zero-order valence-corrected chi connectivity index (χ0v) is 8.03. The second-order valence-electron chi connectivity index (χ2n) is 3.07. The maximum Gasteiger partial charge on any atom is 0.160 e. The van der Waals surface area contributed by atoms with E-state index in [1.165, 1.54) is 0 Å². The summed E-state index contributed by atoms with van der Waals surface area (Å²) in [6.07, 6.45) is 3.28. The minimum Gasteiger partial charge on any atom is -0.488 e. The number of pyridine rings is 1. The van der Waals surface area contributed by atoms with Crippen LogP contribution in [0.4, 0.5) is 5.69 Å². The number of rotatable bonds is 4.